The summed E-state index contributed by atoms with van der Waals surface area (Å²) in [7, 11) is 1.96. The van der Waals surface area contributed by atoms with E-state index in [1.54, 1.807) is 0 Å². The Balaban J connectivity index is 1.66. The maximum Gasteiger partial charge on any atom is 0.253 e. The molecule has 2 aliphatic rings. The molecule has 0 aromatic heterocycles. The lowest BCUT2D eigenvalue weighted by molar-refractivity contribution is 0.0735. The third kappa shape index (κ3) is 3.22. The number of rotatable bonds is 3. The summed E-state index contributed by atoms with van der Waals surface area (Å²) < 4.78 is 0. The molecule has 3 rings (SSSR count). The van der Waals surface area contributed by atoms with Crippen LogP contribution in [0.25, 0.3) is 0 Å². The predicted octanol–water partition coefficient (Wildman–Crippen LogP) is 3.69. The smallest absolute Gasteiger partial charge is 0.253 e. The molecule has 1 aliphatic heterocycles. The van der Waals surface area contributed by atoms with Gasteiger partial charge in [-0.05, 0) is 56.4 Å². The van der Waals surface area contributed by atoms with Crippen LogP contribution in [0.3, 0.4) is 0 Å². The highest BCUT2D eigenvalue weighted by Crippen LogP contribution is 2.25. The maximum absolute atomic E-state index is 12.5. The van der Waals surface area contributed by atoms with Crippen molar-refractivity contribution < 1.29 is 4.79 Å². The van der Waals surface area contributed by atoms with E-state index in [2.05, 4.69) is 17.0 Å². The predicted molar refractivity (Wildman–Crippen MR) is 86.9 cm³/mol. The van der Waals surface area contributed by atoms with Crippen molar-refractivity contribution in [2.75, 3.05) is 25.0 Å². The summed E-state index contributed by atoms with van der Waals surface area (Å²) in [4.78, 5) is 16.9. The molecule has 0 spiro atoms. The molecule has 114 valence electrons. The molecular weight excluding hydrogens is 260 g/mol. The quantitative estimate of drug-likeness (QED) is 0.846. The molecule has 1 aromatic rings. The van der Waals surface area contributed by atoms with Gasteiger partial charge in [-0.15, -0.1) is 0 Å². The second-order valence-electron chi connectivity index (χ2n) is 6.45. The van der Waals surface area contributed by atoms with Crippen LogP contribution in [0.5, 0.6) is 0 Å². The van der Waals surface area contributed by atoms with Crippen LogP contribution in [-0.2, 0) is 0 Å². The molecule has 1 aliphatic carbocycles. The number of amides is 1. The molecule has 0 atom stereocenters. The van der Waals surface area contributed by atoms with Gasteiger partial charge < -0.3 is 9.80 Å². The second kappa shape index (κ2) is 6.50. The van der Waals surface area contributed by atoms with Crippen LogP contribution >= 0.6 is 0 Å². The van der Waals surface area contributed by atoms with E-state index < -0.39 is 0 Å². The zero-order chi connectivity index (χ0) is 14.7. The maximum atomic E-state index is 12.5. The zero-order valence-corrected chi connectivity index (χ0v) is 13.1. The van der Waals surface area contributed by atoms with E-state index in [9.17, 15) is 4.79 Å². The van der Waals surface area contributed by atoms with Crippen molar-refractivity contribution in [2.24, 2.45) is 0 Å². The summed E-state index contributed by atoms with van der Waals surface area (Å²) in [5, 5.41) is 0. The fourth-order valence-electron chi connectivity index (χ4n) is 3.63. The van der Waals surface area contributed by atoms with E-state index in [0.29, 0.717) is 6.04 Å². The minimum atomic E-state index is 0.173. The van der Waals surface area contributed by atoms with Gasteiger partial charge in [0.25, 0.3) is 5.91 Å². The Bertz CT molecular complexity index is 470. The van der Waals surface area contributed by atoms with Gasteiger partial charge >= 0.3 is 0 Å². The van der Waals surface area contributed by atoms with Gasteiger partial charge in [-0.3, -0.25) is 4.79 Å². The van der Waals surface area contributed by atoms with Crippen molar-refractivity contribution in [3.05, 3.63) is 29.8 Å². The van der Waals surface area contributed by atoms with E-state index in [1.165, 1.54) is 37.8 Å². The average Bonchev–Trinajstić information content (AvgIpc) is 3.09. The van der Waals surface area contributed by atoms with Crippen molar-refractivity contribution in [1.29, 1.82) is 0 Å². The first-order chi connectivity index (χ1) is 10.3. The number of carbonyl (C=O) groups excluding carboxylic acids is 1. The molecule has 1 heterocycles. The van der Waals surface area contributed by atoms with Crippen LogP contribution < -0.4 is 4.90 Å². The largest absolute Gasteiger partial charge is 0.372 e. The summed E-state index contributed by atoms with van der Waals surface area (Å²) in [6, 6.07) is 8.66. The van der Waals surface area contributed by atoms with Crippen molar-refractivity contribution >= 4 is 11.6 Å². The Labute approximate surface area is 127 Å². The van der Waals surface area contributed by atoms with E-state index in [1.807, 2.05) is 24.1 Å². The number of benzene rings is 1. The highest BCUT2D eigenvalue weighted by Gasteiger charge is 2.24. The van der Waals surface area contributed by atoms with Crippen molar-refractivity contribution in [3.63, 3.8) is 0 Å². The molecule has 0 N–H and O–H groups in total. The summed E-state index contributed by atoms with van der Waals surface area (Å²) in [5.41, 5.74) is 2.08. The summed E-state index contributed by atoms with van der Waals surface area (Å²) in [6.45, 7) is 2.30. The lowest BCUT2D eigenvalue weighted by atomic mass is 10.1. The average molecular weight is 286 g/mol. The van der Waals surface area contributed by atoms with E-state index >= 15 is 0 Å². The molecular formula is C18H26N2O. The van der Waals surface area contributed by atoms with Gasteiger partial charge in [0.05, 0.1) is 0 Å². The van der Waals surface area contributed by atoms with Crippen LogP contribution in [0.2, 0.25) is 0 Å². The summed E-state index contributed by atoms with van der Waals surface area (Å²) >= 11 is 0. The Morgan fingerprint density at radius 3 is 2.24 bits per heavy atom. The number of hydrogen-bond donors (Lipinski definition) is 0. The standard InChI is InChI=1S/C18H26N2O/c1-19(16-7-3-4-8-16)18(21)15-9-11-17(12-10-15)20-13-5-2-6-14-20/h9-12,16H,2-8,13-14H2,1H3. The normalized spacial score (nSPS) is 19.8. The monoisotopic (exact) mass is 286 g/mol. The van der Waals surface area contributed by atoms with E-state index in [4.69, 9.17) is 0 Å². The van der Waals surface area contributed by atoms with Gasteiger partial charge in [-0.2, -0.15) is 0 Å². The Morgan fingerprint density at radius 1 is 1.00 bits per heavy atom. The van der Waals surface area contributed by atoms with Crippen LogP contribution in [0, 0.1) is 0 Å². The highest BCUT2D eigenvalue weighted by molar-refractivity contribution is 5.94. The Kier molecular flexibility index (Phi) is 4.47. The topological polar surface area (TPSA) is 23.6 Å². The van der Waals surface area contributed by atoms with Gasteiger partial charge in [0.15, 0.2) is 0 Å². The molecule has 1 aromatic carbocycles. The fraction of sp³-hybridized carbons (Fsp3) is 0.611. The Hall–Kier alpha value is -1.51. The molecule has 1 amide bonds. The minimum absolute atomic E-state index is 0.173. The van der Waals surface area contributed by atoms with Crippen LogP contribution in [-0.4, -0.2) is 37.0 Å². The number of carbonyl (C=O) groups is 1. The lowest BCUT2D eigenvalue weighted by Crippen LogP contribution is -2.35. The second-order valence-corrected chi connectivity index (χ2v) is 6.45. The van der Waals surface area contributed by atoms with Crippen molar-refractivity contribution in [1.82, 2.24) is 4.90 Å². The minimum Gasteiger partial charge on any atom is -0.372 e. The number of piperidine rings is 1. The van der Waals surface area contributed by atoms with Gasteiger partial charge in [-0.25, -0.2) is 0 Å². The SMILES string of the molecule is CN(C(=O)c1ccc(N2CCCCC2)cc1)C1CCCC1. The summed E-state index contributed by atoms with van der Waals surface area (Å²) in [6.07, 6.45) is 8.75. The van der Waals surface area contributed by atoms with E-state index in [-0.39, 0.29) is 5.91 Å². The first kappa shape index (κ1) is 14.4. The zero-order valence-electron chi connectivity index (χ0n) is 13.1. The van der Waals surface area contributed by atoms with Gasteiger partial charge in [-0.1, -0.05) is 12.8 Å². The van der Waals surface area contributed by atoms with Crippen LogP contribution in [0.4, 0.5) is 5.69 Å². The number of hydrogen-bond acceptors (Lipinski definition) is 2. The molecule has 0 bridgehead atoms. The van der Waals surface area contributed by atoms with Gasteiger partial charge in [0.2, 0.25) is 0 Å². The van der Waals surface area contributed by atoms with Crippen LogP contribution in [0.1, 0.15) is 55.3 Å². The Morgan fingerprint density at radius 2 is 1.62 bits per heavy atom. The molecule has 3 heteroatoms. The van der Waals surface area contributed by atoms with Crippen LogP contribution in [0.15, 0.2) is 24.3 Å². The molecule has 3 nitrogen and oxygen atoms in total. The molecule has 2 fully saturated rings. The first-order valence-corrected chi connectivity index (χ1v) is 8.38. The molecule has 21 heavy (non-hydrogen) atoms. The van der Waals surface area contributed by atoms with E-state index in [0.717, 1.165) is 31.5 Å². The molecule has 0 unspecified atom stereocenters. The number of nitrogens with zero attached hydrogens (tertiary/aromatic N) is 2. The third-order valence-corrected chi connectivity index (χ3v) is 5.03. The first-order valence-electron chi connectivity index (χ1n) is 8.38. The lowest BCUT2D eigenvalue weighted by Gasteiger charge is -2.29. The van der Waals surface area contributed by atoms with Crippen molar-refractivity contribution in [3.8, 4) is 0 Å². The highest BCUT2D eigenvalue weighted by atomic mass is 16.2. The van der Waals surface area contributed by atoms with Crippen molar-refractivity contribution in [2.45, 2.75) is 51.0 Å². The fourth-order valence-corrected chi connectivity index (χ4v) is 3.63. The summed E-state index contributed by atoms with van der Waals surface area (Å²) in [5.74, 6) is 0.173. The van der Waals surface area contributed by atoms with Gasteiger partial charge in [0.1, 0.15) is 0 Å². The molecule has 0 radical (unpaired) electrons. The molecule has 1 saturated heterocycles. The number of anilines is 1. The molecule has 1 saturated carbocycles. The van der Waals surface area contributed by atoms with Gasteiger partial charge in [0, 0.05) is 37.4 Å². The third-order valence-electron chi connectivity index (χ3n) is 5.03.